The first kappa shape index (κ1) is 13.4. The van der Waals surface area contributed by atoms with Gasteiger partial charge in [0, 0.05) is 24.0 Å². The Balaban J connectivity index is 1.75. The summed E-state index contributed by atoms with van der Waals surface area (Å²) in [6.45, 7) is 4.96. The van der Waals surface area contributed by atoms with Crippen LogP contribution in [0.1, 0.15) is 52.4 Å². The van der Waals surface area contributed by atoms with Crippen molar-refractivity contribution >= 4 is 5.91 Å². The van der Waals surface area contributed by atoms with E-state index >= 15 is 0 Å². The first-order valence-electron chi connectivity index (χ1n) is 7.69. The molecule has 1 aliphatic heterocycles. The largest absolute Gasteiger partial charge is 0.377 e. The highest BCUT2D eigenvalue weighted by atomic mass is 16.5. The minimum atomic E-state index is -0.749. The molecule has 1 amide bonds. The zero-order valence-corrected chi connectivity index (χ0v) is 12.1. The highest BCUT2D eigenvalue weighted by Crippen LogP contribution is 2.57. The molecule has 0 aromatic heterocycles. The molecule has 4 nitrogen and oxygen atoms in total. The Morgan fingerprint density at radius 3 is 2.58 bits per heavy atom. The maximum Gasteiger partial charge on any atom is 0.241 e. The minimum absolute atomic E-state index is 0.0520. The molecule has 1 saturated heterocycles. The first-order chi connectivity index (χ1) is 8.98. The van der Waals surface area contributed by atoms with Gasteiger partial charge in [-0.2, -0.15) is 0 Å². The van der Waals surface area contributed by atoms with Crippen LogP contribution in [0.2, 0.25) is 0 Å². The van der Waals surface area contributed by atoms with Crippen molar-refractivity contribution in [2.24, 2.45) is 17.1 Å². The summed E-state index contributed by atoms with van der Waals surface area (Å²) in [4.78, 5) is 12.7. The monoisotopic (exact) mass is 266 g/mol. The molecule has 0 aromatic rings. The zero-order chi connectivity index (χ0) is 13.7. The molecule has 3 atom stereocenters. The third-order valence-corrected chi connectivity index (χ3v) is 5.75. The number of fused-ring (bicyclic) bond motifs is 1. The number of hydrogen-bond acceptors (Lipinski definition) is 3. The van der Waals surface area contributed by atoms with Gasteiger partial charge in [-0.15, -0.1) is 0 Å². The number of ether oxygens (including phenoxy) is 1. The highest BCUT2D eigenvalue weighted by Gasteiger charge is 2.70. The Morgan fingerprint density at radius 2 is 1.89 bits per heavy atom. The molecule has 19 heavy (non-hydrogen) atoms. The van der Waals surface area contributed by atoms with Crippen LogP contribution in [0.3, 0.4) is 0 Å². The summed E-state index contributed by atoms with van der Waals surface area (Å²) in [7, 11) is 0. The molecule has 4 heteroatoms. The fourth-order valence-corrected chi connectivity index (χ4v) is 4.41. The van der Waals surface area contributed by atoms with Crippen molar-refractivity contribution < 1.29 is 9.53 Å². The molecule has 0 radical (unpaired) electrons. The van der Waals surface area contributed by atoms with Gasteiger partial charge < -0.3 is 15.8 Å². The normalized spacial score (nSPS) is 41.4. The fourth-order valence-electron chi connectivity index (χ4n) is 4.41. The van der Waals surface area contributed by atoms with Gasteiger partial charge in [0.25, 0.3) is 0 Å². The average Bonchev–Trinajstić information content (AvgIpc) is 2.90. The van der Waals surface area contributed by atoms with Crippen molar-refractivity contribution in [3.05, 3.63) is 0 Å². The maximum absolute atomic E-state index is 12.7. The van der Waals surface area contributed by atoms with Gasteiger partial charge in [-0.3, -0.25) is 4.79 Å². The van der Waals surface area contributed by atoms with Crippen LogP contribution in [0.15, 0.2) is 0 Å². The molecule has 0 bridgehead atoms. The van der Waals surface area contributed by atoms with Crippen LogP contribution in [0.25, 0.3) is 0 Å². The second-order valence-electron chi connectivity index (χ2n) is 7.09. The zero-order valence-electron chi connectivity index (χ0n) is 12.1. The Labute approximate surface area is 115 Å². The van der Waals surface area contributed by atoms with Gasteiger partial charge >= 0.3 is 0 Å². The molecule has 2 saturated carbocycles. The second kappa shape index (κ2) is 4.45. The van der Waals surface area contributed by atoms with E-state index in [1.165, 1.54) is 12.8 Å². The number of rotatable bonds is 2. The molecule has 0 aromatic carbocycles. The number of nitrogens with one attached hydrogen (secondary N) is 1. The number of amides is 1. The summed E-state index contributed by atoms with van der Waals surface area (Å²) in [6, 6.07) is 0.340. The van der Waals surface area contributed by atoms with E-state index in [0.29, 0.717) is 6.04 Å². The van der Waals surface area contributed by atoms with Crippen LogP contribution in [0.4, 0.5) is 0 Å². The van der Waals surface area contributed by atoms with Gasteiger partial charge in [0.05, 0.1) is 6.10 Å². The fraction of sp³-hybridized carbons (Fsp3) is 0.933. The van der Waals surface area contributed by atoms with Crippen molar-refractivity contribution in [1.82, 2.24) is 5.32 Å². The van der Waals surface area contributed by atoms with Crippen molar-refractivity contribution in [3.8, 4) is 0 Å². The number of carbonyl (C=O) groups excluding carboxylic acids is 1. The molecule has 3 aliphatic rings. The van der Waals surface area contributed by atoms with E-state index < -0.39 is 5.54 Å². The van der Waals surface area contributed by atoms with Crippen LogP contribution < -0.4 is 11.1 Å². The predicted molar refractivity (Wildman–Crippen MR) is 73.6 cm³/mol. The van der Waals surface area contributed by atoms with Gasteiger partial charge in [-0.1, -0.05) is 26.7 Å². The van der Waals surface area contributed by atoms with E-state index in [2.05, 4.69) is 19.2 Å². The van der Waals surface area contributed by atoms with E-state index in [-0.39, 0.29) is 23.3 Å². The summed E-state index contributed by atoms with van der Waals surface area (Å²) in [5.41, 5.74) is 5.55. The Morgan fingerprint density at radius 1 is 1.21 bits per heavy atom. The smallest absolute Gasteiger partial charge is 0.241 e. The van der Waals surface area contributed by atoms with Crippen molar-refractivity contribution in [2.45, 2.75) is 70.1 Å². The third-order valence-electron chi connectivity index (χ3n) is 5.75. The predicted octanol–water partition coefficient (Wildman–Crippen LogP) is 1.58. The van der Waals surface area contributed by atoms with E-state index in [9.17, 15) is 4.79 Å². The number of carbonyl (C=O) groups is 1. The Bertz CT molecular complexity index is 376. The molecule has 2 aliphatic carbocycles. The van der Waals surface area contributed by atoms with Gasteiger partial charge in [0.2, 0.25) is 5.91 Å². The molecule has 0 spiro atoms. The lowest BCUT2D eigenvalue weighted by Gasteiger charge is -2.65. The molecule has 108 valence electrons. The lowest BCUT2D eigenvalue weighted by Crippen LogP contribution is -2.82. The summed E-state index contributed by atoms with van der Waals surface area (Å²) in [5, 5.41) is 3.19. The molecule has 3 unspecified atom stereocenters. The number of hydrogen-bond donors (Lipinski definition) is 2. The molecular formula is C15H26N2O2. The molecule has 3 rings (SSSR count). The molecule has 1 heterocycles. The van der Waals surface area contributed by atoms with Crippen molar-refractivity contribution in [1.29, 1.82) is 0 Å². The van der Waals surface area contributed by atoms with Crippen LogP contribution in [-0.2, 0) is 9.53 Å². The molecule has 3 fully saturated rings. The summed E-state index contributed by atoms with van der Waals surface area (Å²) >= 11 is 0. The quantitative estimate of drug-likeness (QED) is 0.797. The summed E-state index contributed by atoms with van der Waals surface area (Å²) in [6.07, 6.45) is 6.85. The van der Waals surface area contributed by atoms with Crippen molar-refractivity contribution in [3.63, 3.8) is 0 Å². The standard InChI is InChI=1S/C15H26N2O2/c1-14(2)12-11(8-5-9-19-12)15(14,16)13(18)17-10-6-3-4-7-10/h10-12H,3-9,16H2,1-2H3,(H,17,18). The topological polar surface area (TPSA) is 64.3 Å². The van der Waals surface area contributed by atoms with Gasteiger partial charge in [-0.05, 0) is 25.7 Å². The lowest BCUT2D eigenvalue weighted by molar-refractivity contribution is -0.225. The van der Waals surface area contributed by atoms with Crippen LogP contribution in [0, 0.1) is 11.3 Å². The van der Waals surface area contributed by atoms with Crippen molar-refractivity contribution in [2.75, 3.05) is 6.61 Å². The van der Waals surface area contributed by atoms with E-state index in [4.69, 9.17) is 10.5 Å². The van der Waals surface area contributed by atoms with E-state index in [1.54, 1.807) is 0 Å². The van der Waals surface area contributed by atoms with E-state index in [0.717, 1.165) is 32.3 Å². The average molecular weight is 266 g/mol. The lowest BCUT2D eigenvalue weighted by atomic mass is 9.46. The minimum Gasteiger partial charge on any atom is -0.377 e. The molecular weight excluding hydrogens is 240 g/mol. The van der Waals surface area contributed by atoms with Gasteiger partial charge in [0.15, 0.2) is 0 Å². The first-order valence-corrected chi connectivity index (χ1v) is 7.69. The maximum atomic E-state index is 12.7. The summed E-state index contributed by atoms with van der Waals surface area (Å²) < 4.78 is 5.85. The van der Waals surface area contributed by atoms with Crippen LogP contribution in [-0.4, -0.2) is 30.2 Å². The van der Waals surface area contributed by atoms with Gasteiger partial charge in [-0.25, -0.2) is 0 Å². The van der Waals surface area contributed by atoms with Crippen LogP contribution in [0.5, 0.6) is 0 Å². The second-order valence-corrected chi connectivity index (χ2v) is 7.09. The SMILES string of the molecule is CC1(C)C2OCCCC2C1(N)C(=O)NC1CCCC1. The molecule has 3 N–H and O–H groups in total. The number of nitrogens with two attached hydrogens (primary N) is 1. The van der Waals surface area contributed by atoms with E-state index in [1.807, 2.05) is 0 Å². The Kier molecular flexibility index (Phi) is 3.13. The van der Waals surface area contributed by atoms with Crippen LogP contribution >= 0.6 is 0 Å². The third kappa shape index (κ3) is 1.76. The summed E-state index contributed by atoms with van der Waals surface area (Å²) in [5.74, 6) is 0.244. The highest BCUT2D eigenvalue weighted by molar-refractivity contribution is 5.89. The van der Waals surface area contributed by atoms with Gasteiger partial charge in [0.1, 0.15) is 5.54 Å². The Hall–Kier alpha value is -0.610.